The van der Waals surface area contributed by atoms with Crippen LogP contribution in [-0.2, 0) is 6.42 Å². The first-order valence-corrected chi connectivity index (χ1v) is 7.33. The first-order valence-electron chi connectivity index (χ1n) is 6.92. The van der Waals surface area contributed by atoms with E-state index >= 15 is 0 Å². The van der Waals surface area contributed by atoms with Crippen molar-refractivity contribution in [2.45, 2.75) is 19.8 Å². The van der Waals surface area contributed by atoms with Crippen LogP contribution in [-0.4, -0.2) is 11.5 Å². The van der Waals surface area contributed by atoms with E-state index in [0.717, 1.165) is 12.1 Å². The standard InChI is InChI=1S/C17H18N2S/c1-12-4-9-16-14(11-12)3-2-10-19(16)15-7-5-13(6-8-15)17(18)20/h4-9,11H,2-3,10H2,1H3,(H2,18,20). The van der Waals surface area contributed by atoms with E-state index in [1.165, 1.54) is 35.3 Å². The largest absolute Gasteiger partial charge is 0.389 e. The third-order valence-corrected chi connectivity index (χ3v) is 4.05. The Bertz CT molecular complexity index is 647. The van der Waals surface area contributed by atoms with Crippen molar-refractivity contribution in [2.24, 2.45) is 5.73 Å². The normalized spacial score (nSPS) is 13.9. The van der Waals surface area contributed by atoms with Gasteiger partial charge in [0.1, 0.15) is 4.99 Å². The summed E-state index contributed by atoms with van der Waals surface area (Å²) in [5.41, 5.74) is 11.9. The Morgan fingerprint density at radius 3 is 2.60 bits per heavy atom. The van der Waals surface area contributed by atoms with Crippen LogP contribution >= 0.6 is 12.2 Å². The maximum absolute atomic E-state index is 5.65. The molecule has 2 N–H and O–H groups in total. The van der Waals surface area contributed by atoms with Gasteiger partial charge in [0, 0.05) is 23.5 Å². The predicted molar refractivity (Wildman–Crippen MR) is 88.8 cm³/mol. The molecule has 0 spiro atoms. The fourth-order valence-electron chi connectivity index (χ4n) is 2.80. The summed E-state index contributed by atoms with van der Waals surface area (Å²) in [6.07, 6.45) is 2.35. The fraction of sp³-hybridized carbons (Fsp3) is 0.235. The first-order chi connectivity index (χ1) is 9.65. The highest BCUT2D eigenvalue weighted by Gasteiger charge is 2.18. The topological polar surface area (TPSA) is 29.3 Å². The monoisotopic (exact) mass is 282 g/mol. The van der Waals surface area contributed by atoms with E-state index in [9.17, 15) is 0 Å². The van der Waals surface area contributed by atoms with Crippen LogP contribution in [0.15, 0.2) is 42.5 Å². The second kappa shape index (κ2) is 5.25. The minimum absolute atomic E-state index is 0.450. The van der Waals surface area contributed by atoms with E-state index in [0.29, 0.717) is 4.99 Å². The third-order valence-electron chi connectivity index (χ3n) is 3.82. The molecule has 0 saturated carbocycles. The Hall–Kier alpha value is -1.87. The van der Waals surface area contributed by atoms with E-state index < -0.39 is 0 Å². The second-order valence-corrected chi connectivity index (χ2v) is 5.74. The van der Waals surface area contributed by atoms with E-state index in [1.54, 1.807) is 0 Å². The Morgan fingerprint density at radius 1 is 1.15 bits per heavy atom. The van der Waals surface area contributed by atoms with Gasteiger partial charge in [-0.3, -0.25) is 0 Å². The molecule has 0 aromatic heterocycles. The van der Waals surface area contributed by atoms with E-state index in [1.807, 2.05) is 12.1 Å². The number of aryl methyl sites for hydroxylation is 2. The maximum atomic E-state index is 5.65. The van der Waals surface area contributed by atoms with Crippen LogP contribution in [0.3, 0.4) is 0 Å². The van der Waals surface area contributed by atoms with E-state index in [2.05, 4.69) is 42.2 Å². The Labute approximate surface area is 125 Å². The van der Waals surface area contributed by atoms with Crippen molar-refractivity contribution < 1.29 is 0 Å². The van der Waals surface area contributed by atoms with Crippen LogP contribution in [0.2, 0.25) is 0 Å². The lowest BCUT2D eigenvalue weighted by Gasteiger charge is -2.31. The Balaban J connectivity index is 1.98. The van der Waals surface area contributed by atoms with Gasteiger partial charge in [0.2, 0.25) is 0 Å². The molecular weight excluding hydrogens is 264 g/mol. The van der Waals surface area contributed by atoms with Crippen molar-refractivity contribution in [1.82, 2.24) is 0 Å². The highest BCUT2D eigenvalue weighted by molar-refractivity contribution is 7.80. The Kier molecular flexibility index (Phi) is 3.45. The van der Waals surface area contributed by atoms with Gasteiger partial charge in [-0.25, -0.2) is 0 Å². The average Bonchev–Trinajstić information content (AvgIpc) is 2.46. The molecule has 102 valence electrons. The average molecular weight is 282 g/mol. The summed E-state index contributed by atoms with van der Waals surface area (Å²) in [5.74, 6) is 0. The van der Waals surface area contributed by atoms with Crippen LogP contribution in [0.25, 0.3) is 0 Å². The molecule has 3 rings (SSSR count). The van der Waals surface area contributed by atoms with Gasteiger partial charge in [0.05, 0.1) is 0 Å². The number of anilines is 2. The lowest BCUT2D eigenvalue weighted by Crippen LogP contribution is -2.24. The highest BCUT2D eigenvalue weighted by atomic mass is 32.1. The molecule has 0 saturated heterocycles. The minimum atomic E-state index is 0.450. The molecule has 1 heterocycles. The summed E-state index contributed by atoms with van der Waals surface area (Å²) < 4.78 is 0. The van der Waals surface area contributed by atoms with Gasteiger partial charge in [0.15, 0.2) is 0 Å². The summed E-state index contributed by atoms with van der Waals surface area (Å²) in [4.78, 5) is 2.83. The summed E-state index contributed by atoms with van der Waals surface area (Å²) in [5, 5.41) is 0. The molecule has 2 nitrogen and oxygen atoms in total. The smallest absolute Gasteiger partial charge is 0.103 e. The predicted octanol–water partition coefficient (Wildman–Crippen LogP) is 3.71. The molecule has 3 heteroatoms. The molecule has 2 aromatic rings. The lowest BCUT2D eigenvalue weighted by molar-refractivity contribution is 0.766. The number of thiocarbonyl (C=S) groups is 1. The van der Waals surface area contributed by atoms with Crippen molar-refractivity contribution in [2.75, 3.05) is 11.4 Å². The third kappa shape index (κ3) is 2.41. The zero-order chi connectivity index (χ0) is 14.1. The first kappa shape index (κ1) is 13.1. The van der Waals surface area contributed by atoms with Crippen LogP contribution in [0.4, 0.5) is 11.4 Å². The SMILES string of the molecule is Cc1ccc2c(c1)CCCN2c1ccc(C(N)=S)cc1. The van der Waals surface area contributed by atoms with Crippen LogP contribution in [0.1, 0.15) is 23.1 Å². The summed E-state index contributed by atoms with van der Waals surface area (Å²) in [6.45, 7) is 3.21. The quantitative estimate of drug-likeness (QED) is 0.851. The number of hydrogen-bond acceptors (Lipinski definition) is 2. The van der Waals surface area contributed by atoms with E-state index in [-0.39, 0.29) is 0 Å². The molecule has 0 unspecified atom stereocenters. The number of rotatable bonds is 2. The Morgan fingerprint density at radius 2 is 1.90 bits per heavy atom. The maximum Gasteiger partial charge on any atom is 0.103 e. The molecule has 0 bridgehead atoms. The second-order valence-electron chi connectivity index (χ2n) is 5.30. The van der Waals surface area contributed by atoms with E-state index in [4.69, 9.17) is 18.0 Å². The summed E-state index contributed by atoms with van der Waals surface area (Å²) in [6, 6.07) is 14.9. The van der Waals surface area contributed by atoms with Crippen molar-refractivity contribution in [3.05, 3.63) is 59.2 Å². The zero-order valence-electron chi connectivity index (χ0n) is 11.6. The number of nitrogens with two attached hydrogens (primary N) is 1. The van der Waals surface area contributed by atoms with Crippen molar-refractivity contribution in [1.29, 1.82) is 0 Å². The molecule has 0 radical (unpaired) electrons. The summed E-state index contributed by atoms with van der Waals surface area (Å²) in [7, 11) is 0. The molecule has 20 heavy (non-hydrogen) atoms. The molecule has 2 aromatic carbocycles. The van der Waals surface area contributed by atoms with Gasteiger partial charge in [-0.2, -0.15) is 0 Å². The van der Waals surface area contributed by atoms with Gasteiger partial charge in [-0.15, -0.1) is 0 Å². The molecule has 0 aliphatic carbocycles. The van der Waals surface area contributed by atoms with Crippen LogP contribution < -0.4 is 10.6 Å². The molecular formula is C17H18N2S. The van der Waals surface area contributed by atoms with Crippen LogP contribution in [0.5, 0.6) is 0 Å². The molecule has 1 aliphatic rings. The van der Waals surface area contributed by atoms with Crippen molar-refractivity contribution in [3.63, 3.8) is 0 Å². The fourth-order valence-corrected chi connectivity index (χ4v) is 2.94. The van der Waals surface area contributed by atoms with Gasteiger partial charge in [-0.05, 0) is 55.7 Å². The zero-order valence-corrected chi connectivity index (χ0v) is 12.4. The van der Waals surface area contributed by atoms with Crippen LogP contribution in [0, 0.1) is 6.92 Å². The minimum Gasteiger partial charge on any atom is -0.389 e. The van der Waals surface area contributed by atoms with Gasteiger partial charge >= 0.3 is 0 Å². The van der Waals surface area contributed by atoms with Gasteiger partial charge < -0.3 is 10.6 Å². The number of hydrogen-bond donors (Lipinski definition) is 1. The lowest BCUT2D eigenvalue weighted by atomic mass is 9.99. The molecule has 1 aliphatic heterocycles. The number of benzene rings is 2. The molecule has 0 atom stereocenters. The van der Waals surface area contributed by atoms with Crippen molar-refractivity contribution in [3.8, 4) is 0 Å². The highest BCUT2D eigenvalue weighted by Crippen LogP contribution is 2.33. The van der Waals surface area contributed by atoms with Gasteiger partial charge in [-0.1, -0.05) is 29.9 Å². The number of nitrogens with zero attached hydrogens (tertiary/aromatic N) is 1. The van der Waals surface area contributed by atoms with Crippen molar-refractivity contribution >= 4 is 28.6 Å². The molecule has 0 amide bonds. The number of fused-ring (bicyclic) bond motifs is 1. The molecule has 0 fully saturated rings. The van der Waals surface area contributed by atoms with Gasteiger partial charge in [0.25, 0.3) is 0 Å². The summed E-state index contributed by atoms with van der Waals surface area (Å²) >= 11 is 5.00.